The quantitative estimate of drug-likeness (QED) is 0.468. The van der Waals surface area contributed by atoms with Gasteiger partial charge in [-0.25, -0.2) is 9.78 Å². The minimum absolute atomic E-state index is 0.123. The minimum atomic E-state index is -1.82. The molecular formula is C24H23N3O5. The first-order valence-electron chi connectivity index (χ1n) is 11.0. The summed E-state index contributed by atoms with van der Waals surface area (Å²) >= 11 is 0. The van der Waals surface area contributed by atoms with Crippen molar-refractivity contribution in [2.24, 2.45) is 0 Å². The van der Waals surface area contributed by atoms with E-state index in [2.05, 4.69) is 12.2 Å². The number of anilines is 1. The largest absolute Gasteiger partial charge is 0.490 e. The molecule has 0 unspecified atom stereocenters. The van der Waals surface area contributed by atoms with Crippen molar-refractivity contribution in [2.75, 3.05) is 18.5 Å². The number of carbonyl (C=O) groups is 1. The molecule has 0 saturated heterocycles. The van der Waals surface area contributed by atoms with E-state index in [1.165, 1.54) is 0 Å². The second-order valence-corrected chi connectivity index (χ2v) is 8.48. The molecule has 0 fully saturated rings. The number of ether oxygens (including phenoxy) is 2. The molecule has 6 rings (SSSR count). The fraction of sp³-hybridized carbons (Fsp3) is 0.375. The van der Waals surface area contributed by atoms with E-state index >= 15 is 0 Å². The van der Waals surface area contributed by atoms with Gasteiger partial charge in [-0.3, -0.25) is 4.79 Å². The van der Waals surface area contributed by atoms with E-state index in [9.17, 15) is 14.7 Å². The summed E-state index contributed by atoms with van der Waals surface area (Å²) in [6.07, 6.45) is 0.889. The van der Waals surface area contributed by atoms with Gasteiger partial charge in [-0.2, -0.15) is 0 Å². The van der Waals surface area contributed by atoms with E-state index in [4.69, 9.17) is 14.5 Å². The van der Waals surface area contributed by atoms with E-state index < -0.39 is 11.6 Å². The summed E-state index contributed by atoms with van der Waals surface area (Å²) in [7, 11) is 0. The van der Waals surface area contributed by atoms with Gasteiger partial charge >= 0.3 is 5.97 Å². The predicted octanol–water partition coefficient (Wildman–Crippen LogP) is 2.45. The smallest absolute Gasteiger partial charge is 0.343 e. The highest BCUT2D eigenvalue weighted by atomic mass is 16.6. The van der Waals surface area contributed by atoms with Gasteiger partial charge in [0.1, 0.15) is 19.0 Å². The number of nitrogens with zero attached hydrogens (tertiary/aromatic N) is 2. The SMILES string of the molecule is CCc1c2c(nc3ccc4c(c13)NCCO4)-c1cc3c(c(=O)n1C2)COC(=O)[C@]3(O)CC. The highest BCUT2D eigenvalue weighted by Crippen LogP contribution is 2.43. The van der Waals surface area contributed by atoms with Crippen LogP contribution < -0.4 is 15.6 Å². The number of aryl methyl sites for hydroxylation is 1. The van der Waals surface area contributed by atoms with Crippen LogP contribution in [0.15, 0.2) is 23.0 Å². The minimum Gasteiger partial charge on any atom is -0.490 e. The van der Waals surface area contributed by atoms with Crippen molar-refractivity contribution in [3.63, 3.8) is 0 Å². The van der Waals surface area contributed by atoms with Gasteiger partial charge in [0.15, 0.2) is 5.60 Å². The molecule has 2 N–H and O–H groups in total. The third-order valence-electron chi connectivity index (χ3n) is 6.95. The maximum Gasteiger partial charge on any atom is 0.343 e. The van der Waals surface area contributed by atoms with Crippen LogP contribution in [0.5, 0.6) is 5.75 Å². The summed E-state index contributed by atoms with van der Waals surface area (Å²) in [5.74, 6) is 0.0977. The zero-order valence-electron chi connectivity index (χ0n) is 17.9. The van der Waals surface area contributed by atoms with Crippen molar-refractivity contribution in [1.29, 1.82) is 0 Å². The number of carbonyl (C=O) groups excluding carboxylic acids is 1. The molecule has 2 aromatic heterocycles. The molecule has 3 aromatic rings. The Labute approximate surface area is 183 Å². The number of pyridine rings is 2. The molecule has 0 saturated carbocycles. The molecule has 0 amide bonds. The zero-order chi connectivity index (χ0) is 22.2. The fourth-order valence-electron chi connectivity index (χ4n) is 5.27. The molecule has 3 aliphatic rings. The van der Waals surface area contributed by atoms with Crippen LogP contribution in [0.2, 0.25) is 0 Å². The van der Waals surface area contributed by atoms with Gasteiger partial charge in [-0.15, -0.1) is 0 Å². The van der Waals surface area contributed by atoms with Crippen LogP contribution in [0.3, 0.4) is 0 Å². The Balaban J connectivity index is 1.65. The lowest BCUT2D eigenvalue weighted by atomic mass is 9.86. The van der Waals surface area contributed by atoms with E-state index in [1.54, 1.807) is 17.6 Å². The van der Waals surface area contributed by atoms with Crippen molar-refractivity contribution >= 4 is 22.6 Å². The summed E-state index contributed by atoms with van der Waals surface area (Å²) in [4.78, 5) is 30.7. The Morgan fingerprint density at radius 2 is 2.06 bits per heavy atom. The number of esters is 1. The molecule has 8 nitrogen and oxygen atoms in total. The maximum atomic E-state index is 13.4. The third kappa shape index (κ3) is 2.33. The van der Waals surface area contributed by atoms with E-state index in [-0.39, 0.29) is 18.6 Å². The Morgan fingerprint density at radius 1 is 1.22 bits per heavy atom. The summed E-state index contributed by atoms with van der Waals surface area (Å²) in [6, 6.07) is 5.62. The van der Waals surface area contributed by atoms with E-state index in [0.29, 0.717) is 30.0 Å². The van der Waals surface area contributed by atoms with Crippen molar-refractivity contribution in [1.82, 2.24) is 9.55 Å². The topological polar surface area (TPSA) is 103 Å². The molecule has 5 heterocycles. The molecule has 32 heavy (non-hydrogen) atoms. The Kier molecular flexibility index (Phi) is 3.96. The van der Waals surface area contributed by atoms with Crippen molar-refractivity contribution in [3.05, 3.63) is 50.8 Å². The van der Waals surface area contributed by atoms with Crippen LogP contribution in [-0.4, -0.2) is 33.8 Å². The molecule has 0 aliphatic carbocycles. The average molecular weight is 433 g/mol. The Morgan fingerprint density at radius 3 is 2.84 bits per heavy atom. The second-order valence-electron chi connectivity index (χ2n) is 8.48. The van der Waals surface area contributed by atoms with Crippen LogP contribution in [0.4, 0.5) is 5.69 Å². The maximum absolute atomic E-state index is 13.4. The number of aromatic nitrogens is 2. The average Bonchev–Trinajstić information content (AvgIpc) is 3.19. The molecule has 0 radical (unpaired) electrons. The molecular weight excluding hydrogens is 410 g/mol. The monoisotopic (exact) mass is 433 g/mol. The molecule has 164 valence electrons. The van der Waals surface area contributed by atoms with Crippen LogP contribution in [0, 0.1) is 0 Å². The van der Waals surface area contributed by atoms with Crippen LogP contribution in [-0.2, 0) is 34.7 Å². The van der Waals surface area contributed by atoms with Crippen LogP contribution in [0.25, 0.3) is 22.3 Å². The van der Waals surface area contributed by atoms with Crippen LogP contribution in [0.1, 0.15) is 42.5 Å². The van der Waals surface area contributed by atoms with Gasteiger partial charge in [-0.1, -0.05) is 13.8 Å². The van der Waals surface area contributed by atoms with Gasteiger partial charge < -0.3 is 24.5 Å². The molecule has 0 bridgehead atoms. The summed E-state index contributed by atoms with van der Waals surface area (Å²) in [5.41, 5.74) is 3.84. The molecule has 0 spiro atoms. The zero-order valence-corrected chi connectivity index (χ0v) is 17.9. The molecule has 8 heteroatoms. The van der Waals surface area contributed by atoms with E-state index in [1.807, 2.05) is 12.1 Å². The van der Waals surface area contributed by atoms with Crippen molar-refractivity contribution in [3.8, 4) is 17.1 Å². The van der Waals surface area contributed by atoms with Gasteiger partial charge in [0.25, 0.3) is 5.56 Å². The standard InChI is InChI=1S/C24H23N3O5/c1-3-12-13-10-27-17(9-15-14(22(27)28)11-32-23(29)24(15,30)4-2)20(13)26-16-5-6-18-21(19(12)16)25-7-8-31-18/h5-6,9,25,30H,3-4,7-8,10-11H2,1-2H3/t24-/m0/s1. The van der Waals surface area contributed by atoms with Gasteiger partial charge in [0.2, 0.25) is 0 Å². The van der Waals surface area contributed by atoms with Crippen molar-refractivity contribution in [2.45, 2.75) is 45.4 Å². The number of rotatable bonds is 2. The first kappa shape index (κ1) is 19.3. The number of fused-ring (bicyclic) bond motifs is 7. The predicted molar refractivity (Wildman–Crippen MR) is 118 cm³/mol. The molecule has 3 aliphatic heterocycles. The van der Waals surface area contributed by atoms with Gasteiger partial charge in [0.05, 0.1) is 34.7 Å². The number of aliphatic hydroxyl groups is 1. The lowest BCUT2D eigenvalue weighted by molar-refractivity contribution is -0.172. The van der Waals surface area contributed by atoms with Gasteiger partial charge in [0, 0.05) is 23.1 Å². The van der Waals surface area contributed by atoms with Crippen molar-refractivity contribution < 1.29 is 19.4 Å². The summed E-state index contributed by atoms with van der Waals surface area (Å²) in [5, 5.41) is 15.5. The fourth-order valence-corrected chi connectivity index (χ4v) is 5.27. The lowest BCUT2D eigenvalue weighted by Crippen LogP contribution is -2.44. The Hall–Kier alpha value is -3.39. The first-order valence-corrected chi connectivity index (χ1v) is 11.0. The first-order chi connectivity index (χ1) is 15.5. The summed E-state index contributed by atoms with van der Waals surface area (Å²) < 4.78 is 12.7. The molecule has 1 aromatic carbocycles. The summed E-state index contributed by atoms with van der Waals surface area (Å²) in [6.45, 7) is 5.41. The number of hydrogen-bond donors (Lipinski definition) is 2. The number of benzene rings is 1. The van der Waals surface area contributed by atoms with E-state index in [0.717, 1.165) is 52.1 Å². The van der Waals surface area contributed by atoms with Crippen LogP contribution >= 0.6 is 0 Å². The number of hydrogen-bond acceptors (Lipinski definition) is 7. The Bertz CT molecular complexity index is 1390. The lowest BCUT2D eigenvalue weighted by Gasteiger charge is -2.31. The third-order valence-corrected chi connectivity index (χ3v) is 6.95. The number of nitrogens with one attached hydrogen (secondary N) is 1. The number of cyclic esters (lactones) is 1. The highest BCUT2D eigenvalue weighted by Gasteiger charge is 2.45. The second kappa shape index (κ2) is 6.56. The van der Waals surface area contributed by atoms with Gasteiger partial charge in [-0.05, 0) is 36.6 Å². The highest BCUT2D eigenvalue weighted by molar-refractivity contribution is 6.00. The molecule has 1 atom stereocenters. The normalized spacial score (nSPS) is 20.5.